The first kappa shape index (κ1) is 19.0. The van der Waals surface area contributed by atoms with Gasteiger partial charge in [0.1, 0.15) is 0 Å². The van der Waals surface area contributed by atoms with Gasteiger partial charge in [-0.25, -0.2) is 0 Å². The number of hydrogen-bond donors (Lipinski definition) is 2. The van der Waals surface area contributed by atoms with Gasteiger partial charge in [-0.15, -0.1) is 11.8 Å². The number of thioether (sulfide) groups is 1. The fourth-order valence-electron chi connectivity index (χ4n) is 2.28. The van der Waals surface area contributed by atoms with E-state index >= 15 is 0 Å². The molecule has 0 saturated carbocycles. The molecule has 1 aromatic rings. The van der Waals surface area contributed by atoms with Crippen LogP contribution in [0.3, 0.4) is 0 Å². The number of carboxylic acids is 1. The van der Waals surface area contributed by atoms with Crippen molar-refractivity contribution in [1.29, 1.82) is 5.26 Å². The Morgan fingerprint density at radius 2 is 1.87 bits per heavy atom. The van der Waals surface area contributed by atoms with Gasteiger partial charge in [-0.3, -0.25) is 9.59 Å². The molecule has 0 unspecified atom stereocenters. The van der Waals surface area contributed by atoms with Crippen molar-refractivity contribution < 1.29 is 14.7 Å². The largest absolute Gasteiger partial charge is 0.481 e. The number of nitriles is 1. The monoisotopic (exact) mass is 334 g/mol. The van der Waals surface area contributed by atoms with Crippen LogP contribution >= 0.6 is 11.8 Å². The van der Waals surface area contributed by atoms with Crippen molar-refractivity contribution in [3.63, 3.8) is 0 Å². The summed E-state index contributed by atoms with van der Waals surface area (Å²) >= 11 is 1.47. The Kier molecular flexibility index (Phi) is 7.63. The molecule has 23 heavy (non-hydrogen) atoms. The molecule has 0 spiro atoms. The number of carboxylic acid groups (broad SMARTS) is 1. The van der Waals surface area contributed by atoms with Gasteiger partial charge in [0.05, 0.1) is 23.8 Å². The van der Waals surface area contributed by atoms with Crippen LogP contribution in [-0.4, -0.2) is 28.3 Å². The van der Waals surface area contributed by atoms with Crippen molar-refractivity contribution in [2.24, 2.45) is 0 Å². The zero-order chi connectivity index (χ0) is 17.3. The molecule has 1 amide bonds. The molecule has 0 aromatic heterocycles. The van der Waals surface area contributed by atoms with E-state index < -0.39 is 11.5 Å². The Labute approximate surface area is 141 Å². The second-order valence-electron chi connectivity index (χ2n) is 5.41. The standard InChI is InChI=1S/C17H22N2O3S/c1-3-17(4-2,9-16(21)22)19-15(20)12-23-11-14-7-5-13(10-18)6-8-14/h5-8H,3-4,9,11-12H2,1-2H3,(H,19,20)(H,21,22). The van der Waals surface area contributed by atoms with E-state index in [0.29, 0.717) is 24.2 Å². The Bertz CT molecular complexity index is 574. The second-order valence-corrected chi connectivity index (χ2v) is 6.39. The zero-order valence-electron chi connectivity index (χ0n) is 13.5. The number of rotatable bonds is 9. The normalized spacial score (nSPS) is 10.8. The lowest BCUT2D eigenvalue weighted by Gasteiger charge is -2.31. The molecule has 0 atom stereocenters. The summed E-state index contributed by atoms with van der Waals surface area (Å²) in [6, 6.07) is 9.31. The molecule has 0 fully saturated rings. The average molecular weight is 334 g/mol. The van der Waals surface area contributed by atoms with Crippen molar-refractivity contribution >= 4 is 23.6 Å². The topological polar surface area (TPSA) is 90.2 Å². The smallest absolute Gasteiger partial charge is 0.305 e. The number of aliphatic carboxylic acids is 1. The van der Waals surface area contributed by atoms with E-state index in [1.165, 1.54) is 11.8 Å². The van der Waals surface area contributed by atoms with E-state index in [1.54, 1.807) is 12.1 Å². The van der Waals surface area contributed by atoms with Crippen molar-refractivity contribution in [1.82, 2.24) is 5.32 Å². The van der Waals surface area contributed by atoms with Gasteiger partial charge in [-0.1, -0.05) is 26.0 Å². The maximum Gasteiger partial charge on any atom is 0.305 e. The molecule has 0 radical (unpaired) electrons. The fourth-order valence-corrected chi connectivity index (χ4v) is 3.07. The van der Waals surface area contributed by atoms with Gasteiger partial charge in [-0.2, -0.15) is 5.26 Å². The molecule has 0 aliphatic carbocycles. The molecule has 5 nitrogen and oxygen atoms in total. The lowest BCUT2D eigenvalue weighted by Crippen LogP contribution is -2.49. The summed E-state index contributed by atoms with van der Waals surface area (Å²) < 4.78 is 0. The second kappa shape index (κ2) is 9.21. The molecule has 0 aliphatic rings. The number of hydrogen-bond acceptors (Lipinski definition) is 4. The highest BCUT2D eigenvalue weighted by molar-refractivity contribution is 7.99. The maximum absolute atomic E-state index is 12.1. The fraction of sp³-hybridized carbons (Fsp3) is 0.471. The number of carbonyl (C=O) groups excluding carboxylic acids is 1. The molecule has 1 rings (SSSR count). The molecule has 124 valence electrons. The van der Waals surface area contributed by atoms with Gasteiger partial charge < -0.3 is 10.4 Å². The molecule has 2 N–H and O–H groups in total. The predicted molar refractivity (Wildman–Crippen MR) is 91.0 cm³/mol. The first-order valence-corrected chi connectivity index (χ1v) is 8.69. The molecule has 0 aliphatic heterocycles. The van der Waals surface area contributed by atoms with E-state index in [0.717, 1.165) is 5.56 Å². The summed E-state index contributed by atoms with van der Waals surface area (Å²) in [6.45, 7) is 3.77. The van der Waals surface area contributed by atoms with Crippen LogP contribution in [0.25, 0.3) is 0 Å². The van der Waals surface area contributed by atoms with Gasteiger partial charge in [0.2, 0.25) is 5.91 Å². The van der Waals surface area contributed by atoms with Crippen LogP contribution in [0.4, 0.5) is 0 Å². The minimum atomic E-state index is -0.903. The van der Waals surface area contributed by atoms with Crippen molar-refractivity contribution in [2.75, 3.05) is 5.75 Å². The summed E-state index contributed by atoms with van der Waals surface area (Å²) in [5.74, 6) is -0.0992. The molecule has 1 aromatic carbocycles. The molecular formula is C17H22N2O3S. The maximum atomic E-state index is 12.1. The third kappa shape index (κ3) is 6.33. The van der Waals surface area contributed by atoms with Crippen molar-refractivity contribution in [3.8, 4) is 6.07 Å². The predicted octanol–water partition coefficient (Wildman–Crippen LogP) is 2.94. The summed E-state index contributed by atoms with van der Waals surface area (Å²) in [5, 5.41) is 20.6. The van der Waals surface area contributed by atoms with Crippen LogP contribution in [0.5, 0.6) is 0 Å². The SMILES string of the molecule is CCC(CC)(CC(=O)O)NC(=O)CSCc1ccc(C#N)cc1. The van der Waals surface area contributed by atoms with E-state index in [4.69, 9.17) is 10.4 Å². The number of benzene rings is 1. The highest BCUT2D eigenvalue weighted by Gasteiger charge is 2.30. The van der Waals surface area contributed by atoms with Crippen LogP contribution in [0.2, 0.25) is 0 Å². The van der Waals surface area contributed by atoms with Gasteiger partial charge in [0.25, 0.3) is 0 Å². The van der Waals surface area contributed by atoms with E-state index in [-0.39, 0.29) is 18.1 Å². The first-order valence-electron chi connectivity index (χ1n) is 7.54. The average Bonchev–Trinajstić information content (AvgIpc) is 2.54. The highest BCUT2D eigenvalue weighted by Crippen LogP contribution is 2.20. The van der Waals surface area contributed by atoms with Crippen LogP contribution in [0.1, 0.15) is 44.2 Å². The Morgan fingerprint density at radius 1 is 1.26 bits per heavy atom. The molecule has 0 heterocycles. The number of nitrogens with zero attached hydrogens (tertiary/aromatic N) is 1. The summed E-state index contributed by atoms with van der Waals surface area (Å²) in [5.41, 5.74) is 0.989. The van der Waals surface area contributed by atoms with Crippen LogP contribution < -0.4 is 5.32 Å². The summed E-state index contributed by atoms with van der Waals surface area (Å²) in [7, 11) is 0. The number of carbonyl (C=O) groups is 2. The molecule has 6 heteroatoms. The van der Waals surface area contributed by atoms with Crippen LogP contribution in [0.15, 0.2) is 24.3 Å². The Balaban J connectivity index is 2.48. The molecule has 0 saturated heterocycles. The molecule has 0 bridgehead atoms. The third-order valence-electron chi connectivity index (χ3n) is 3.83. The summed E-state index contributed by atoms with van der Waals surface area (Å²) in [4.78, 5) is 23.1. The van der Waals surface area contributed by atoms with Crippen LogP contribution in [0, 0.1) is 11.3 Å². The Hall–Kier alpha value is -2.00. The van der Waals surface area contributed by atoms with Gasteiger partial charge in [0.15, 0.2) is 0 Å². The lowest BCUT2D eigenvalue weighted by atomic mass is 9.89. The lowest BCUT2D eigenvalue weighted by molar-refractivity contribution is -0.139. The van der Waals surface area contributed by atoms with Gasteiger partial charge in [-0.05, 0) is 30.5 Å². The third-order valence-corrected chi connectivity index (χ3v) is 4.84. The zero-order valence-corrected chi connectivity index (χ0v) is 14.3. The van der Waals surface area contributed by atoms with E-state index in [1.807, 2.05) is 26.0 Å². The van der Waals surface area contributed by atoms with Gasteiger partial charge >= 0.3 is 5.97 Å². The number of nitrogens with one attached hydrogen (secondary N) is 1. The van der Waals surface area contributed by atoms with Crippen molar-refractivity contribution in [3.05, 3.63) is 35.4 Å². The highest BCUT2D eigenvalue weighted by atomic mass is 32.2. The minimum absolute atomic E-state index is 0.0635. The van der Waals surface area contributed by atoms with Gasteiger partial charge in [0, 0.05) is 11.3 Å². The van der Waals surface area contributed by atoms with Crippen molar-refractivity contribution in [2.45, 2.75) is 44.4 Å². The Morgan fingerprint density at radius 3 is 2.35 bits per heavy atom. The van der Waals surface area contributed by atoms with E-state index in [9.17, 15) is 9.59 Å². The van der Waals surface area contributed by atoms with Crippen LogP contribution in [-0.2, 0) is 15.3 Å². The summed E-state index contributed by atoms with van der Waals surface area (Å²) in [6.07, 6.45) is 1.11. The quantitative estimate of drug-likeness (QED) is 0.724. The van der Waals surface area contributed by atoms with E-state index in [2.05, 4.69) is 11.4 Å². The number of amides is 1. The minimum Gasteiger partial charge on any atom is -0.481 e. The first-order chi connectivity index (χ1) is 10.9. The molecular weight excluding hydrogens is 312 g/mol.